The Hall–Kier alpha value is -1.27. The standard InChI is InChI=1S/C9H14F3NO3/c1-3-4-13(5-6(2)7(14)15)8(16)9(10,11)12/h6H,3-5H2,1-2H3,(H,14,15). The fourth-order valence-electron chi connectivity index (χ4n) is 1.13. The summed E-state index contributed by atoms with van der Waals surface area (Å²) in [5, 5.41) is 8.56. The maximum atomic E-state index is 12.1. The van der Waals surface area contributed by atoms with Crippen LogP contribution in [0.3, 0.4) is 0 Å². The average Bonchev–Trinajstić information content (AvgIpc) is 2.14. The molecule has 0 saturated heterocycles. The van der Waals surface area contributed by atoms with Crippen molar-refractivity contribution in [3.63, 3.8) is 0 Å². The lowest BCUT2D eigenvalue weighted by atomic mass is 10.1. The second-order valence-corrected chi connectivity index (χ2v) is 3.49. The van der Waals surface area contributed by atoms with Crippen LogP contribution in [0, 0.1) is 5.92 Å². The van der Waals surface area contributed by atoms with Crippen LogP contribution < -0.4 is 0 Å². The van der Waals surface area contributed by atoms with E-state index in [1.165, 1.54) is 6.92 Å². The maximum absolute atomic E-state index is 12.1. The molecule has 0 aromatic rings. The van der Waals surface area contributed by atoms with Crippen molar-refractivity contribution in [1.82, 2.24) is 4.90 Å². The lowest BCUT2D eigenvalue weighted by Gasteiger charge is -2.24. The third-order valence-corrected chi connectivity index (χ3v) is 1.94. The van der Waals surface area contributed by atoms with Crippen molar-refractivity contribution in [1.29, 1.82) is 0 Å². The number of carbonyl (C=O) groups is 2. The van der Waals surface area contributed by atoms with E-state index in [9.17, 15) is 22.8 Å². The van der Waals surface area contributed by atoms with Gasteiger partial charge in [0, 0.05) is 13.1 Å². The summed E-state index contributed by atoms with van der Waals surface area (Å²) in [6.07, 6.45) is -4.61. The second-order valence-electron chi connectivity index (χ2n) is 3.49. The summed E-state index contributed by atoms with van der Waals surface area (Å²) in [6.45, 7) is 2.34. The molecule has 1 amide bonds. The monoisotopic (exact) mass is 241 g/mol. The molecule has 0 bridgehead atoms. The number of carboxylic acids is 1. The molecule has 1 atom stereocenters. The number of carbonyl (C=O) groups excluding carboxylic acids is 1. The largest absolute Gasteiger partial charge is 0.481 e. The molecule has 0 heterocycles. The van der Waals surface area contributed by atoms with Crippen molar-refractivity contribution in [3.8, 4) is 0 Å². The van der Waals surface area contributed by atoms with Gasteiger partial charge in [-0.1, -0.05) is 13.8 Å². The van der Waals surface area contributed by atoms with E-state index in [1.807, 2.05) is 0 Å². The molecule has 0 aromatic carbocycles. The Bertz CT molecular complexity index is 265. The van der Waals surface area contributed by atoms with Gasteiger partial charge in [-0.2, -0.15) is 13.2 Å². The van der Waals surface area contributed by atoms with Gasteiger partial charge in [0.15, 0.2) is 0 Å². The quantitative estimate of drug-likeness (QED) is 0.793. The van der Waals surface area contributed by atoms with Gasteiger partial charge in [-0.3, -0.25) is 9.59 Å². The molecule has 94 valence electrons. The van der Waals surface area contributed by atoms with Crippen LogP contribution in [0.15, 0.2) is 0 Å². The number of halogens is 3. The summed E-state index contributed by atoms with van der Waals surface area (Å²) in [7, 11) is 0. The lowest BCUT2D eigenvalue weighted by molar-refractivity contribution is -0.186. The van der Waals surface area contributed by atoms with E-state index >= 15 is 0 Å². The van der Waals surface area contributed by atoms with Gasteiger partial charge in [-0.15, -0.1) is 0 Å². The Morgan fingerprint density at radius 1 is 1.38 bits per heavy atom. The first-order valence-electron chi connectivity index (χ1n) is 4.79. The molecule has 0 radical (unpaired) electrons. The van der Waals surface area contributed by atoms with Crippen LogP contribution in [-0.4, -0.2) is 41.1 Å². The number of alkyl halides is 3. The zero-order valence-electron chi connectivity index (χ0n) is 9.04. The minimum Gasteiger partial charge on any atom is -0.481 e. The highest BCUT2D eigenvalue weighted by atomic mass is 19.4. The first kappa shape index (κ1) is 14.7. The fourth-order valence-corrected chi connectivity index (χ4v) is 1.13. The molecule has 0 saturated carbocycles. The molecular weight excluding hydrogens is 227 g/mol. The van der Waals surface area contributed by atoms with E-state index < -0.39 is 30.5 Å². The SMILES string of the molecule is CCCN(CC(C)C(=O)O)C(=O)C(F)(F)F. The summed E-state index contributed by atoms with van der Waals surface area (Å²) in [6, 6.07) is 0. The Balaban J connectivity index is 4.62. The number of amides is 1. The Kier molecular flexibility index (Phi) is 5.26. The molecule has 0 fully saturated rings. The second kappa shape index (κ2) is 5.72. The van der Waals surface area contributed by atoms with Gasteiger partial charge in [0.2, 0.25) is 0 Å². The highest BCUT2D eigenvalue weighted by Crippen LogP contribution is 2.19. The highest BCUT2D eigenvalue weighted by Gasteiger charge is 2.42. The molecule has 16 heavy (non-hydrogen) atoms. The van der Waals surface area contributed by atoms with Crippen LogP contribution in [0.2, 0.25) is 0 Å². The molecule has 1 N–H and O–H groups in total. The van der Waals surface area contributed by atoms with Gasteiger partial charge in [-0.05, 0) is 6.42 Å². The molecule has 0 spiro atoms. The predicted octanol–water partition coefficient (Wildman–Crippen LogP) is 1.51. The Morgan fingerprint density at radius 2 is 1.88 bits per heavy atom. The molecule has 0 aromatic heterocycles. The normalized spacial score (nSPS) is 13.3. The van der Waals surface area contributed by atoms with Gasteiger partial charge >= 0.3 is 18.1 Å². The topological polar surface area (TPSA) is 57.6 Å². The molecule has 0 aliphatic rings. The minimum atomic E-state index is -4.95. The molecule has 4 nitrogen and oxygen atoms in total. The summed E-state index contributed by atoms with van der Waals surface area (Å²) < 4.78 is 36.4. The van der Waals surface area contributed by atoms with Crippen LogP contribution in [-0.2, 0) is 9.59 Å². The molecular formula is C9H14F3NO3. The van der Waals surface area contributed by atoms with Gasteiger partial charge in [-0.25, -0.2) is 0 Å². The number of aliphatic carboxylic acids is 1. The minimum absolute atomic E-state index is 0.101. The molecule has 0 rings (SSSR count). The van der Waals surface area contributed by atoms with E-state index in [2.05, 4.69) is 0 Å². The van der Waals surface area contributed by atoms with E-state index in [-0.39, 0.29) is 6.54 Å². The lowest BCUT2D eigenvalue weighted by Crippen LogP contribution is -2.44. The van der Waals surface area contributed by atoms with E-state index in [1.54, 1.807) is 6.92 Å². The van der Waals surface area contributed by atoms with Gasteiger partial charge in [0.1, 0.15) is 0 Å². The number of nitrogens with zero attached hydrogens (tertiary/aromatic N) is 1. The van der Waals surface area contributed by atoms with E-state index in [0.717, 1.165) is 0 Å². The Morgan fingerprint density at radius 3 is 2.19 bits per heavy atom. The van der Waals surface area contributed by atoms with Crippen LogP contribution in [0.1, 0.15) is 20.3 Å². The average molecular weight is 241 g/mol. The highest BCUT2D eigenvalue weighted by molar-refractivity contribution is 5.82. The summed E-state index contributed by atoms with van der Waals surface area (Å²) in [5.74, 6) is -4.23. The number of rotatable bonds is 5. The molecule has 7 heteroatoms. The smallest absolute Gasteiger partial charge is 0.471 e. The molecule has 0 aliphatic heterocycles. The van der Waals surface area contributed by atoms with Gasteiger partial charge in [0.25, 0.3) is 0 Å². The number of carboxylic acid groups (broad SMARTS) is 1. The summed E-state index contributed by atoms with van der Waals surface area (Å²) in [4.78, 5) is 21.9. The zero-order valence-corrected chi connectivity index (χ0v) is 9.04. The van der Waals surface area contributed by atoms with E-state index in [4.69, 9.17) is 5.11 Å². The number of hydrogen-bond acceptors (Lipinski definition) is 2. The van der Waals surface area contributed by atoms with Gasteiger partial charge < -0.3 is 10.0 Å². The predicted molar refractivity (Wildman–Crippen MR) is 49.7 cm³/mol. The first-order valence-corrected chi connectivity index (χ1v) is 4.79. The molecule has 1 unspecified atom stereocenters. The first-order chi connectivity index (χ1) is 7.20. The van der Waals surface area contributed by atoms with Crippen molar-refractivity contribution in [2.24, 2.45) is 5.92 Å². The van der Waals surface area contributed by atoms with E-state index in [0.29, 0.717) is 11.3 Å². The van der Waals surface area contributed by atoms with Crippen molar-refractivity contribution >= 4 is 11.9 Å². The van der Waals surface area contributed by atoms with Crippen molar-refractivity contribution in [3.05, 3.63) is 0 Å². The van der Waals surface area contributed by atoms with Crippen LogP contribution in [0.4, 0.5) is 13.2 Å². The van der Waals surface area contributed by atoms with Crippen molar-refractivity contribution < 1.29 is 27.9 Å². The summed E-state index contributed by atoms with van der Waals surface area (Å²) in [5.41, 5.74) is 0. The van der Waals surface area contributed by atoms with Crippen molar-refractivity contribution in [2.75, 3.05) is 13.1 Å². The van der Waals surface area contributed by atoms with Crippen LogP contribution >= 0.6 is 0 Å². The zero-order chi connectivity index (χ0) is 12.9. The maximum Gasteiger partial charge on any atom is 0.471 e. The molecule has 0 aliphatic carbocycles. The third kappa shape index (κ3) is 4.50. The van der Waals surface area contributed by atoms with Gasteiger partial charge in [0.05, 0.1) is 5.92 Å². The third-order valence-electron chi connectivity index (χ3n) is 1.94. The number of hydrogen-bond donors (Lipinski definition) is 1. The summed E-state index contributed by atoms with van der Waals surface area (Å²) >= 11 is 0. The Labute approximate surface area is 91.0 Å². The van der Waals surface area contributed by atoms with Crippen molar-refractivity contribution in [2.45, 2.75) is 26.4 Å². The van der Waals surface area contributed by atoms with Crippen LogP contribution in [0.5, 0.6) is 0 Å². The van der Waals surface area contributed by atoms with Crippen LogP contribution in [0.25, 0.3) is 0 Å². The fraction of sp³-hybridized carbons (Fsp3) is 0.778.